The summed E-state index contributed by atoms with van der Waals surface area (Å²) in [6.07, 6.45) is 2.67. The van der Waals surface area contributed by atoms with Gasteiger partial charge in [-0.15, -0.1) is 0 Å². The Bertz CT molecular complexity index is 560. The van der Waals surface area contributed by atoms with Gasteiger partial charge in [0.25, 0.3) is 5.91 Å². The summed E-state index contributed by atoms with van der Waals surface area (Å²) in [4.78, 5) is 11.9. The van der Waals surface area contributed by atoms with Crippen LogP contribution in [0, 0.1) is 13.8 Å². The highest BCUT2D eigenvalue weighted by atomic mass is 16.1. The van der Waals surface area contributed by atoms with Gasteiger partial charge in [0.15, 0.2) is 0 Å². The molecule has 1 amide bonds. The van der Waals surface area contributed by atoms with E-state index in [0.717, 1.165) is 29.8 Å². The molecule has 2 aromatic rings. The van der Waals surface area contributed by atoms with Gasteiger partial charge in [-0.2, -0.15) is 5.10 Å². The molecule has 1 aromatic heterocycles. The number of benzene rings is 1. The highest BCUT2D eigenvalue weighted by Crippen LogP contribution is 2.03. The summed E-state index contributed by atoms with van der Waals surface area (Å²) in [6, 6.07) is 9.59. The molecule has 100 valence electrons. The number of aryl methyl sites for hydroxylation is 3. The number of nitrogens with zero attached hydrogens (tertiary/aromatic N) is 2. The van der Waals surface area contributed by atoms with Crippen LogP contribution in [0.25, 0.3) is 0 Å². The third-order valence-corrected chi connectivity index (χ3v) is 3.04. The van der Waals surface area contributed by atoms with Crippen LogP contribution in [0.4, 0.5) is 0 Å². The first-order valence-electron chi connectivity index (χ1n) is 6.50. The van der Waals surface area contributed by atoms with E-state index in [9.17, 15) is 4.79 Å². The lowest BCUT2D eigenvalue weighted by Crippen LogP contribution is -2.25. The molecular weight excluding hydrogens is 238 g/mol. The van der Waals surface area contributed by atoms with E-state index in [0.29, 0.717) is 6.54 Å². The third kappa shape index (κ3) is 3.68. The smallest absolute Gasteiger partial charge is 0.251 e. The molecule has 1 aromatic carbocycles. The van der Waals surface area contributed by atoms with Crippen molar-refractivity contribution in [1.82, 2.24) is 15.1 Å². The van der Waals surface area contributed by atoms with E-state index in [1.807, 2.05) is 48.9 Å². The van der Waals surface area contributed by atoms with E-state index in [4.69, 9.17) is 0 Å². The Labute approximate surface area is 113 Å². The second-order valence-electron chi connectivity index (χ2n) is 4.67. The van der Waals surface area contributed by atoms with Crippen LogP contribution in [-0.2, 0) is 6.54 Å². The molecule has 4 nitrogen and oxygen atoms in total. The molecule has 1 N–H and O–H groups in total. The van der Waals surface area contributed by atoms with Crippen molar-refractivity contribution in [2.24, 2.45) is 0 Å². The number of hydrogen-bond acceptors (Lipinski definition) is 2. The Morgan fingerprint density at radius 3 is 2.84 bits per heavy atom. The van der Waals surface area contributed by atoms with Crippen LogP contribution in [0.15, 0.2) is 36.5 Å². The summed E-state index contributed by atoms with van der Waals surface area (Å²) in [5.41, 5.74) is 2.96. The number of nitrogens with one attached hydrogen (secondary N) is 1. The van der Waals surface area contributed by atoms with Crippen molar-refractivity contribution < 1.29 is 4.79 Å². The van der Waals surface area contributed by atoms with Gasteiger partial charge in [-0.05, 0) is 38.5 Å². The van der Waals surface area contributed by atoms with Crippen LogP contribution in [-0.4, -0.2) is 22.2 Å². The van der Waals surface area contributed by atoms with E-state index in [1.165, 1.54) is 0 Å². The molecule has 2 rings (SSSR count). The Hall–Kier alpha value is -2.10. The molecule has 0 spiro atoms. The average Bonchev–Trinajstić information content (AvgIpc) is 2.80. The fourth-order valence-electron chi connectivity index (χ4n) is 1.95. The molecule has 0 radical (unpaired) electrons. The molecular formula is C15H19N3O. The van der Waals surface area contributed by atoms with Gasteiger partial charge in [-0.1, -0.05) is 17.7 Å². The molecule has 0 atom stereocenters. The maximum absolute atomic E-state index is 11.9. The van der Waals surface area contributed by atoms with Crippen molar-refractivity contribution in [1.29, 1.82) is 0 Å². The minimum Gasteiger partial charge on any atom is -0.352 e. The number of aromatic nitrogens is 2. The normalized spacial score (nSPS) is 10.4. The van der Waals surface area contributed by atoms with Crippen LogP contribution >= 0.6 is 0 Å². The van der Waals surface area contributed by atoms with Gasteiger partial charge in [0, 0.05) is 30.5 Å². The van der Waals surface area contributed by atoms with E-state index < -0.39 is 0 Å². The molecule has 0 aliphatic rings. The number of hydrogen-bond donors (Lipinski definition) is 1. The number of carbonyl (C=O) groups excluding carboxylic acids is 1. The number of amides is 1. The van der Waals surface area contributed by atoms with Crippen molar-refractivity contribution in [3.8, 4) is 0 Å². The first kappa shape index (κ1) is 13.3. The summed E-state index contributed by atoms with van der Waals surface area (Å²) < 4.78 is 1.94. The summed E-state index contributed by atoms with van der Waals surface area (Å²) in [5.74, 6) is -0.0131. The van der Waals surface area contributed by atoms with Crippen molar-refractivity contribution >= 4 is 5.91 Å². The van der Waals surface area contributed by atoms with Crippen LogP contribution in [0.3, 0.4) is 0 Å². The van der Waals surface area contributed by atoms with Gasteiger partial charge < -0.3 is 5.32 Å². The maximum Gasteiger partial charge on any atom is 0.251 e. The Morgan fingerprint density at radius 2 is 2.16 bits per heavy atom. The average molecular weight is 257 g/mol. The molecule has 4 heteroatoms. The van der Waals surface area contributed by atoms with E-state index in [1.54, 1.807) is 6.20 Å². The van der Waals surface area contributed by atoms with Gasteiger partial charge in [0.1, 0.15) is 0 Å². The molecule has 19 heavy (non-hydrogen) atoms. The summed E-state index contributed by atoms with van der Waals surface area (Å²) in [7, 11) is 0. The van der Waals surface area contributed by atoms with Crippen molar-refractivity contribution in [2.45, 2.75) is 26.8 Å². The van der Waals surface area contributed by atoms with Crippen LogP contribution in [0.2, 0.25) is 0 Å². The molecule has 0 aliphatic heterocycles. The lowest BCUT2D eigenvalue weighted by molar-refractivity contribution is 0.0952. The summed E-state index contributed by atoms with van der Waals surface area (Å²) in [6.45, 7) is 5.49. The molecule has 0 bridgehead atoms. The zero-order valence-corrected chi connectivity index (χ0v) is 11.4. The fourth-order valence-corrected chi connectivity index (χ4v) is 1.95. The van der Waals surface area contributed by atoms with Crippen molar-refractivity contribution in [3.63, 3.8) is 0 Å². The number of rotatable bonds is 5. The quantitative estimate of drug-likeness (QED) is 0.836. The predicted molar refractivity (Wildman–Crippen MR) is 75.1 cm³/mol. The third-order valence-electron chi connectivity index (χ3n) is 3.04. The van der Waals surface area contributed by atoms with Crippen LogP contribution < -0.4 is 5.32 Å². The zero-order chi connectivity index (χ0) is 13.7. The standard InChI is InChI=1S/C15H19N3O/c1-12-5-3-6-14(11-12)15(19)16-8-4-10-18-13(2)7-9-17-18/h3,5-7,9,11H,4,8,10H2,1-2H3,(H,16,19). The molecule has 0 saturated heterocycles. The van der Waals surface area contributed by atoms with E-state index in [-0.39, 0.29) is 5.91 Å². The Kier molecular flexibility index (Phi) is 4.34. The monoisotopic (exact) mass is 257 g/mol. The van der Waals surface area contributed by atoms with Crippen LogP contribution in [0.1, 0.15) is 28.0 Å². The largest absolute Gasteiger partial charge is 0.352 e. The van der Waals surface area contributed by atoms with Crippen molar-refractivity contribution in [3.05, 3.63) is 53.3 Å². The fraction of sp³-hybridized carbons (Fsp3) is 0.333. The van der Waals surface area contributed by atoms with Gasteiger partial charge in [-0.3, -0.25) is 9.48 Å². The highest BCUT2D eigenvalue weighted by Gasteiger charge is 2.04. The van der Waals surface area contributed by atoms with Gasteiger partial charge in [0.2, 0.25) is 0 Å². The first-order valence-corrected chi connectivity index (χ1v) is 6.50. The second-order valence-corrected chi connectivity index (χ2v) is 4.67. The zero-order valence-electron chi connectivity index (χ0n) is 11.4. The molecule has 0 saturated carbocycles. The molecule has 0 unspecified atom stereocenters. The van der Waals surface area contributed by atoms with E-state index in [2.05, 4.69) is 10.4 Å². The van der Waals surface area contributed by atoms with Gasteiger partial charge >= 0.3 is 0 Å². The minimum absolute atomic E-state index is 0.0131. The Balaban J connectivity index is 1.77. The molecule has 1 heterocycles. The topological polar surface area (TPSA) is 46.9 Å². The predicted octanol–water partition coefficient (Wildman–Crippen LogP) is 2.32. The Morgan fingerprint density at radius 1 is 1.32 bits per heavy atom. The second kappa shape index (κ2) is 6.18. The minimum atomic E-state index is -0.0131. The molecule has 0 aliphatic carbocycles. The summed E-state index contributed by atoms with van der Waals surface area (Å²) in [5, 5.41) is 7.13. The SMILES string of the molecule is Cc1cccc(C(=O)NCCCn2nccc2C)c1. The van der Waals surface area contributed by atoms with Crippen molar-refractivity contribution in [2.75, 3.05) is 6.54 Å². The van der Waals surface area contributed by atoms with Crippen LogP contribution in [0.5, 0.6) is 0 Å². The van der Waals surface area contributed by atoms with Gasteiger partial charge in [0.05, 0.1) is 0 Å². The lowest BCUT2D eigenvalue weighted by Gasteiger charge is -2.07. The molecule has 0 fully saturated rings. The van der Waals surface area contributed by atoms with Gasteiger partial charge in [-0.25, -0.2) is 0 Å². The highest BCUT2D eigenvalue weighted by molar-refractivity contribution is 5.94. The summed E-state index contributed by atoms with van der Waals surface area (Å²) >= 11 is 0. The van der Waals surface area contributed by atoms with E-state index >= 15 is 0 Å². The number of carbonyl (C=O) groups is 1. The lowest BCUT2D eigenvalue weighted by atomic mass is 10.1. The first-order chi connectivity index (χ1) is 9.16. The maximum atomic E-state index is 11.9.